The fourth-order valence-electron chi connectivity index (χ4n) is 4.16. The molecule has 1 nitrogen and oxygen atoms in total. The molecule has 2 aromatic carbocycles. The molecule has 1 saturated carbocycles. The summed E-state index contributed by atoms with van der Waals surface area (Å²) in [6.07, 6.45) is 14.2. The van der Waals surface area contributed by atoms with E-state index in [1.54, 1.807) is 0 Å². The molecule has 2 aromatic rings. The van der Waals surface area contributed by atoms with Gasteiger partial charge < -0.3 is 4.74 Å². The summed E-state index contributed by atoms with van der Waals surface area (Å²) in [6.45, 7) is 5.22. The van der Waals surface area contributed by atoms with Crippen LogP contribution in [-0.2, 0) is 6.42 Å². The summed E-state index contributed by atoms with van der Waals surface area (Å²) < 4.78 is 5.76. The van der Waals surface area contributed by atoms with E-state index in [-0.39, 0.29) is 0 Å². The molecule has 1 heteroatoms. The number of hydrogen-bond donors (Lipinski definition) is 0. The third-order valence-electron chi connectivity index (χ3n) is 6.17. The van der Waals surface area contributed by atoms with Crippen LogP contribution in [0.1, 0.15) is 81.4 Å². The van der Waals surface area contributed by atoms with Crippen LogP contribution in [-0.4, -0.2) is 6.61 Å². The van der Waals surface area contributed by atoms with Crippen molar-refractivity contribution in [2.45, 2.75) is 71.1 Å². The predicted molar refractivity (Wildman–Crippen MR) is 128 cm³/mol. The second-order valence-electron chi connectivity index (χ2n) is 8.42. The molecule has 0 saturated heterocycles. The number of benzene rings is 2. The van der Waals surface area contributed by atoms with Crippen molar-refractivity contribution < 1.29 is 4.74 Å². The summed E-state index contributed by atoms with van der Waals surface area (Å²) in [5.74, 6) is 8.79. The Morgan fingerprint density at radius 1 is 0.900 bits per heavy atom. The van der Waals surface area contributed by atoms with Crippen LogP contribution in [0.15, 0.2) is 60.7 Å². The van der Waals surface area contributed by atoms with Crippen molar-refractivity contribution in [2.75, 3.05) is 6.61 Å². The van der Waals surface area contributed by atoms with Gasteiger partial charge in [0.1, 0.15) is 5.75 Å². The van der Waals surface area contributed by atoms with E-state index >= 15 is 0 Å². The van der Waals surface area contributed by atoms with E-state index in [0.29, 0.717) is 5.92 Å². The zero-order valence-corrected chi connectivity index (χ0v) is 18.7. The summed E-state index contributed by atoms with van der Waals surface area (Å²) in [5.41, 5.74) is 4.00. The molecule has 0 atom stereocenters. The maximum absolute atomic E-state index is 5.76. The summed E-state index contributed by atoms with van der Waals surface area (Å²) in [5, 5.41) is 0. The smallest absolute Gasteiger partial charge is 0.119 e. The number of ether oxygens (including phenoxy) is 1. The van der Waals surface area contributed by atoms with E-state index in [0.717, 1.165) is 36.7 Å². The fraction of sp³-hybridized carbons (Fsp3) is 0.448. The van der Waals surface area contributed by atoms with Gasteiger partial charge in [-0.3, -0.25) is 0 Å². The second-order valence-corrected chi connectivity index (χ2v) is 8.42. The largest absolute Gasteiger partial charge is 0.494 e. The van der Waals surface area contributed by atoms with Crippen molar-refractivity contribution in [3.05, 3.63) is 77.4 Å². The van der Waals surface area contributed by atoms with Crippen molar-refractivity contribution in [3.63, 3.8) is 0 Å². The molecule has 0 radical (unpaired) electrons. The molecule has 0 unspecified atom stereocenters. The molecule has 1 aliphatic rings. The number of aryl methyl sites for hydroxylation is 1. The molecule has 0 aliphatic heterocycles. The normalized spacial score (nSPS) is 18.7. The summed E-state index contributed by atoms with van der Waals surface area (Å²) in [7, 11) is 0. The Bertz CT molecular complexity index is 825. The van der Waals surface area contributed by atoms with Gasteiger partial charge in [-0.25, -0.2) is 0 Å². The molecule has 158 valence electrons. The molecular formula is C29H36O. The lowest BCUT2D eigenvalue weighted by atomic mass is 9.78. The van der Waals surface area contributed by atoms with Crippen LogP contribution in [0.3, 0.4) is 0 Å². The van der Waals surface area contributed by atoms with E-state index in [4.69, 9.17) is 4.74 Å². The minimum absolute atomic E-state index is 0.671. The first kappa shape index (κ1) is 22.2. The van der Waals surface area contributed by atoms with E-state index in [2.05, 4.69) is 62.1 Å². The molecule has 3 rings (SSSR count). The summed E-state index contributed by atoms with van der Waals surface area (Å²) in [4.78, 5) is 0. The Morgan fingerprint density at radius 2 is 1.63 bits per heavy atom. The SMILES string of the molecule is CCCCCOc1ccc(C#C/C=C/[C@H]2CC[C@H](c3ccc(CC)cc3)CC2)cc1. The first-order valence-electron chi connectivity index (χ1n) is 11.8. The lowest BCUT2D eigenvalue weighted by Crippen LogP contribution is -2.11. The molecule has 0 spiro atoms. The highest BCUT2D eigenvalue weighted by molar-refractivity contribution is 5.40. The number of rotatable bonds is 8. The molecule has 1 aliphatic carbocycles. The van der Waals surface area contributed by atoms with E-state index in [9.17, 15) is 0 Å². The van der Waals surface area contributed by atoms with Gasteiger partial charge in [-0.2, -0.15) is 0 Å². The maximum Gasteiger partial charge on any atom is 0.119 e. The minimum Gasteiger partial charge on any atom is -0.494 e. The highest BCUT2D eigenvalue weighted by atomic mass is 16.5. The Hall–Kier alpha value is -2.46. The Balaban J connectivity index is 1.41. The lowest BCUT2D eigenvalue weighted by Gasteiger charge is -2.27. The Labute approximate surface area is 183 Å². The van der Waals surface area contributed by atoms with Crippen molar-refractivity contribution in [1.29, 1.82) is 0 Å². The topological polar surface area (TPSA) is 9.23 Å². The van der Waals surface area contributed by atoms with Gasteiger partial charge in [0.2, 0.25) is 0 Å². The van der Waals surface area contributed by atoms with Crippen molar-refractivity contribution in [3.8, 4) is 17.6 Å². The van der Waals surface area contributed by atoms with Crippen LogP contribution in [0.25, 0.3) is 0 Å². The zero-order chi connectivity index (χ0) is 21.0. The van der Waals surface area contributed by atoms with E-state index < -0.39 is 0 Å². The van der Waals surface area contributed by atoms with Gasteiger partial charge in [0, 0.05) is 5.56 Å². The van der Waals surface area contributed by atoms with E-state index in [1.165, 1.54) is 49.7 Å². The predicted octanol–water partition coefficient (Wildman–Crippen LogP) is 7.70. The molecule has 30 heavy (non-hydrogen) atoms. The average molecular weight is 401 g/mol. The van der Waals surface area contributed by atoms with E-state index in [1.807, 2.05) is 24.3 Å². The first-order valence-corrected chi connectivity index (χ1v) is 11.8. The number of hydrogen-bond acceptors (Lipinski definition) is 1. The Morgan fingerprint density at radius 3 is 2.30 bits per heavy atom. The molecule has 1 fully saturated rings. The monoisotopic (exact) mass is 400 g/mol. The highest BCUT2D eigenvalue weighted by Gasteiger charge is 2.20. The summed E-state index contributed by atoms with van der Waals surface area (Å²) >= 11 is 0. The van der Waals surface area contributed by atoms with Crippen molar-refractivity contribution in [1.82, 2.24) is 0 Å². The van der Waals surface area contributed by atoms with Gasteiger partial charge in [0.25, 0.3) is 0 Å². The lowest BCUT2D eigenvalue weighted by molar-refractivity contribution is 0.306. The van der Waals surface area contributed by atoms with Gasteiger partial charge >= 0.3 is 0 Å². The van der Waals surface area contributed by atoms with Crippen molar-refractivity contribution in [2.24, 2.45) is 5.92 Å². The van der Waals surface area contributed by atoms with Crippen LogP contribution in [0.2, 0.25) is 0 Å². The molecule has 0 N–H and O–H groups in total. The summed E-state index contributed by atoms with van der Waals surface area (Å²) in [6, 6.07) is 17.4. The van der Waals surface area contributed by atoms with Gasteiger partial charge in [0.05, 0.1) is 6.61 Å². The fourth-order valence-corrected chi connectivity index (χ4v) is 4.16. The quantitative estimate of drug-likeness (QED) is 0.326. The second kappa shape index (κ2) is 12.3. The van der Waals surface area contributed by atoms with Crippen LogP contribution in [0.4, 0.5) is 0 Å². The van der Waals surface area contributed by atoms with Gasteiger partial charge in [-0.1, -0.05) is 68.9 Å². The Kier molecular flexibility index (Phi) is 9.10. The third kappa shape index (κ3) is 7.10. The minimum atomic E-state index is 0.671. The molecule has 0 bridgehead atoms. The van der Waals surface area contributed by atoms with Crippen molar-refractivity contribution >= 4 is 0 Å². The number of allylic oxidation sites excluding steroid dienone is 2. The third-order valence-corrected chi connectivity index (χ3v) is 6.17. The number of unbranched alkanes of at least 4 members (excludes halogenated alkanes) is 2. The first-order chi connectivity index (χ1) is 14.8. The van der Waals surface area contributed by atoms with Gasteiger partial charge in [-0.05, 0) is 91.8 Å². The molecule has 0 heterocycles. The zero-order valence-electron chi connectivity index (χ0n) is 18.7. The highest BCUT2D eigenvalue weighted by Crippen LogP contribution is 2.36. The van der Waals surface area contributed by atoms with Crippen LogP contribution >= 0.6 is 0 Å². The molecule has 0 amide bonds. The maximum atomic E-state index is 5.76. The average Bonchev–Trinajstić information content (AvgIpc) is 2.81. The van der Waals surface area contributed by atoms with Crippen LogP contribution in [0, 0.1) is 17.8 Å². The van der Waals surface area contributed by atoms with Gasteiger partial charge in [-0.15, -0.1) is 0 Å². The molecule has 0 aromatic heterocycles. The van der Waals surface area contributed by atoms with Crippen LogP contribution in [0.5, 0.6) is 5.75 Å². The van der Waals surface area contributed by atoms with Gasteiger partial charge in [0.15, 0.2) is 0 Å². The van der Waals surface area contributed by atoms with Crippen LogP contribution < -0.4 is 4.74 Å². The molecular weight excluding hydrogens is 364 g/mol. The standard InChI is InChI=1S/C29H36O/c1-3-5-8-23-30-29-21-15-26(16-22-29)10-7-6-9-25-13-19-28(20-14-25)27-17-11-24(4-2)12-18-27/h6,9,11-12,15-18,21-22,25,28H,3-5,8,13-14,19-20,23H2,1-2H3/b9-6+/t25-,28-.